The quantitative estimate of drug-likeness (QED) is 0.838. The number of piperidine rings is 1. The summed E-state index contributed by atoms with van der Waals surface area (Å²) in [5, 5.41) is 0.646. The molecule has 0 spiro atoms. The maximum atomic E-state index is 13.0. The maximum Gasteiger partial charge on any atom is 0.253 e. The predicted molar refractivity (Wildman–Crippen MR) is 73.3 cm³/mol. The number of halogens is 1. The third-order valence-corrected chi connectivity index (χ3v) is 4.44. The molecule has 0 saturated carbocycles. The van der Waals surface area contributed by atoms with Gasteiger partial charge in [-0.1, -0.05) is 0 Å². The van der Waals surface area contributed by atoms with Gasteiger partial charge in [0.25, 0.3) is 5.91 Å². The number of thioether (sulfide) groups is 1. The summed E-state index contributed by atoms with van der Waals surface area (Å²) in [6.45, 7) is 1.53. The molecule has 0 aromatic heterocycles. The summed E-state index contributed by atoms with van der Waals surface area (Å²) in [6.07, 6.45) is 4.13. The Hall–Kier alpha value is -1.23. The number of benzene rings is 1. The highest BCUT2D eigenvalue weighted by atomic mass is 32.2. The number of nitrogens with two attached hydrogens (primary N) is 1. The molecule has 0 unspecified atom stereocenters. The van der Waals surface area contributed by atoms with Crippen LogP contribution < -0.4 is 5.73 Å². The van der Waals surface area contributed by atoms with Gasteiger partial charge in [-0.05, 0) is 37.3 Å². The Morgan fingerprint density at radius 1 is 1.44 bits per heavy atom. The zero-order valence-corrected chi connectivity index (χ0v) is 11.2. The molecule has 1 amide bonds. The highest BCUT2D eigenvalue weighted by molar-refractivity contribution is 7.99. The van der Waals surface area contributed by atoms with Crippen LogP contribution in [0.4, 0.5) is 10.1 Å². The molecule has 18 heavy (non-hydrogen) atoms. The molecule has 1 aromatic rings. The Morgan fingerprint density at radius 3 is 2.67 bits per heavy atom. The molecule has 1 fully saturated rings. The van der Waals surface area contributed by atoms with E-state index in [1.54, 1.807) is 0 Å². The van der Waals surface area contributed by atoms with E-state index in [-0.39, 0.29) is 11.6 Å². The largest absolute Gasteiger partial charge is 0.396 e. The first-order chi connectivity index (χ1) is 8.61. The SMILES string of the molecule is CSC1CCN(C(=O)c2ccc(F)c(N)c2)CC1. The molecule has 1 saturated heterocycles. The predicted octanol–water partition coefficient (Wildman–Crippen LogP) is 2.38. The average Bonchev–Trinajstić information content (AvgIpc) is 2.41. The standard InChI is InChI=1S/C13H17FN2OS/c1-18-10-4-6-16(7-5-10)13(17)9-2-3-11(14)12(15)8-9/h2-3,8,10H,4-7,15H2,1H3. The van der Waals surface area contributed by atoms with Gasteiger partial charge in [0.05, 0.1) is 5.69 Å². The first-order valence-electron chi connectivity index (χ1n) is 5.99. The van der Waals surface area contributed by atoms with E-state index in [0.29, 0.717) is 10.8 Å². The maximum absolute atomic E-state index is 13.0. The van der Waals surface area contributed by atoms with Crippen LogP contribution in [0.15, 0.2) is 18.2 Å². The molecule has 0 aliphatic carbocycles. The number of hydrogen-bond acceptors (Lipinski definition) is 3. The van der Waals surface area contributed by atoms with Gasteiger partial charge in [-0.25, -0.2) is 4.39 Å². The molecule has 98 valence electrons. The van der Waals surface area contributed by atoms with Crippen LogP contribution in [0, 0.1) is 5.82 Å². The van der Waals surface area contributed by atoms with E-state index in [0.717, 1.165) is 25.9 Å². The van der Waals surface area contributed by atoms with E-state index < -0.39 is 5.82 Å². The van der Waals surface area contributed by atoms with E-state index in [1.807, 2.05) is 16.7 Å². The van der Waals surface area contributed by atoms with E-state index >= 15 is 0 Å². The molecule has 0 atom stereocenters. The van der Waals surface area contributed by atoms with Crippen LogP contribution in [0.1, 0.15) is 23.2 Å². The molecule has 2 N–H and O–H groups in total. The molecule has 3 nitrogen and oxygen atoms in total. The zero-order chi connectivity index (χ0) is 13.1. The van der Waals surface area contributed by atoms with Gasteiger partial charge in [0.2, 0.25) is 0 Å². The van der Waals surface area contributed by atoms with E-state index in [2.05, 4.69) is 6.26 Å². The normalized spacial score (nSPS) is 16.9. The van der Waals surface area contributed by atoms with Gasteiger partial charge in [0, 0.05) is 23.9 Å². The number of nitrogen functional groups attached to an aromatic ring is 1. The van der Waals surface area contributed by atoms with Gasteiger partial charge in [-0.3, -0.25) is 4.79 Å². The first-order valence-corrected chi connectivity index (χ1v) is 7.27. The number of rotatable bonds is 2. The lowest BCUT2D eigenvalue weighted by atomic mass is 10.1. The minimum atomic E-state index is -0.479. The van der Waals surface area contributed by atoms with Crippen molar-refractivity contribution >= 4 is 23.4 Å². The smallest absolute Gasteiger partial charge is 0.253 e. The molecule has 1 aliphatic rings. The number of amides is 1. The van der Waals surface area contributed by atoms with Gasteiger partial charge in [-0.15, -0.1) is 0 Å². The second-order valence-corrected chi connectivity index (χ2v) is 5.60. The van der Waals surface area contributed by atoms with Gasteiger partial charge < -0.3 is 10.6 Å². The summed E-state index contributed by atoms with van der Waals surface area (Å²) in [6, 6.07) is 4.16. The van der Waals surface area contributed by atoms with Crippen LogP contribution in [-0.4, -0.2) is 35.4 Å². The molecule has 1 aliphatic heterocycles. The minimum absolute atomic E-state index is 0.0276. The number of anilines is 1. The fraction of sp³-hybridized carbons (Fsp3) is 0.462. The van der Waals surface area contributed by atoms with Crippen molar-refractivity contribution in [3.05, 3.63) is 29.6 Å². The summed E-state index contributed by atoms with van der Waals surface area (Å²) in [5.41, 5.74) is 5.98. The van der Waals surface area contributed by atoms with Crippen molar-refractivity contribution in [1.29, 1.82) is 0 Å². The van der Waals surface area contributed by atoms with Crippen LogP contribution >= 0.6 is 11.8 Å². The van der Waals surface area contributed by atoms with Crippen LogP contribution in [-0.2, 0) is 0 Å². The van der Waals surface area contributed by atoms with Crippen LogP contribution in [0.25, 0.3) is 0 Å². The number of likely N-dealkylation sites (tertiary alicyclic amines) is 1. The lowest BCUT2D eigenvalue weighted by Crippen LogP contribution is -2.39. The van der Waals surface area contributed by atoms with E-state index in [1.165, 1.54) is 18.2 Å². The lowest BCUT2D eigenvalue weighted by molar-refractivity contribution is 0.0727. The van der Waals surface area contributed by atoms with Crippen LogP contribution in [0.5, 0.6) is 0 Å². The van der Waals surface area contributed by atoms with Crippen molar-refractivity contribution in [3.8, 4) is 0 Å². The fourth-order valence-corrected chi connectivity index (χ4v) is 2.84. The van der Waals surface area contributed by atoms with Gasteiger partial charge in [0.1, 0.15) is 5.82 Å². The average molecular weight is 268 g/mol. The van der Waals surface area contributed by atoms with Crippen molar-refractivity contribution in [3.63, 3.8) is 0 Å². The number of carbonyl (C=O) groups is 1. The van der Waals surface area contributed by atoms with Crippen molar-refractivity contribution in [2.24, 2.45) is 0 Å². The highest BCUT2D eigenvalue weighted by Gasteiger charge is 2.23. The van der Waals surface area contributed by atoms with E-state index in [4.69, 9.17) is 5.73 Å². The highest BCUT2D eigenvalue weighted by Crippen LogP contribution is 2.22. The number of hydrogen-bond donors (Lipinski definition) is 1. The summed E-state index contributed by atoms with van der Waals surface area (Å²) in [5.74, 6) is -0.533. The van der Waals surface area contributed by atoms with Crippen molar-refractivity contribution in [2.45, 2.75) is 18.1 Å². The summed E-state index contributed by atoms with van der Waals surface area (Å²) >= 11 is 1.85. The van der Waals surface area contributed by atoms with Crippen molar-refractivity contribution in [1.82, 2.24) is 4.90 Å². The van der Waals surface area contributed by atoms with E-state index in [9.17, 15) is 9.18 Å². The fourth-order valence-electron chi connectivity index (χ4n) is 2.15. The molecule has 5 heteroatoms. The Morgan fingerprint density at radius 2 is 2.11 bits per heavy atom. The molecular weight excluding hydrogens is 251 g/mol. The van der Waals surface area contributed by atoms with Gasteiger partial charge in [-0.2, -0.15) is 11.8 Å². The molecule has 1 heterocycles. The second kappa shape index (κ2) is 5.61. The first kappa shape index (κ1) is 13.2. The Balaban J connectivity index is 2.05. The van der Waals surface area contributed by atoms with Crippen LogP contribution in [0.3, 0.4) is 0 Å². The Labute approximate surface area is 111 Å². The minimum Gasteiger partial charge on any atom is -0.396 e. The topological polar surface area (TPSA) is 46.3 Å². The molecule has 0 radical (unpaired) electrons. The van der Waals surface area contributed by atoms with Gasteiger partial charge >= 0.3 is 0 Å². The molecule has 2 rings (SSSR count). The lowest BCUT2D eigenvalue weighted by Gasteiger charge is -2.31. The molecular formula is C13H17FN2OS. The third-order valence-electron chi connectivity index (χ3n) is 3.31. The Bertz CT molecular complexity index is 445. The molecule has 1 aromatic carbocycles. The third kappa shape index (κ3) is 2.77. The summed E-state index contributed by atoms with van der Waals surface area (Å²) in [4.78, 5) is 14.0. The summed E-state index contributed by atoms with van der Waals surface area (Å²) < 4.78 is 13.0. The van der Waals surface area contributed by atoms with Crippen molar-refractivity contribution < 1.29 is 9.18 Å². The monoisotopic (exact) mass is 268 g/mol. The number of carbonyl (C=O) groups excluding carboxylic acids is 1. The van der Waals surface area contributed by atoms with Crippen molar-refractivity contribution in [2.75, 3.05) is 25.1 Å². The molecule has 0 bridgehead atoms. The van der Waals surface area contributed by atoms with Gasteiger partial charge in [0.15, 0.2) is 0 Å². The summed E-state index contributed by atoms with van der Waals surface area (Å²) in [7, 11) is 0. The zero-order valence-electron chi connectivity index (χ0n) is 10.4. The second-order valence-electron chi connectivity index (χ2n) is 4.46. The Kier molecular flexibility index (Phi) is 4.11. The van der Waals surface area contributed by atoms with Crippen LogP contribution in [0.2, 0.25) is 0 Å². The number of nitrogens with zero attached hydrogens (tertiary/aromatic N) is 1.